The van der Waals surface area contributed by atoms with Crippen LogP contribution >= 0.6 is 0 Å². The van der Waals surface area contributed by atoms with Gasteiger partial charge in [-0.2, -0.15) is 0 Å². The molecule has 0 bridgehead atoms. The fourth-order valence-corrected chi connectivity index (χ4v) is 2.79. The Morgan fingerprint density at radius 2 is 2.00 bits per heavy atom. The molecule has 21 heavy (non-hydrogen) atoms. The number of carbonyl (C=O) groups excluding carboxylic acids is 2. The van der Waals surface area contributed by atoms with Gasteiger partial charge in [-0.15, -0.1) is 0 Å². The normalized spacial score (nSPS) is 21.3. The quantitative estimate of drug-likeness (QED) is 0.344. The Labute approximate surface area is 128 Å². The topological polar surface area (TPSA) is 43.4 Å². The van der Waals surface area contributed by atoms with E-state index in [4.69, 9.17) is 0 Å². The zero-order chi connectivity index (χ0) is 15.5. The van der Waals surface area contributed by atoms with Gasteiger partial charge in [-0.25, -0.2) is 0 Å². The van der Waals surface area contributed by atoms with E-state index in [1.807, 2.05) is 0 Å². The average Bonchev–Trinajstić information content (AvgIpc) is 2.83. The minimum atomic E-state index is -0.123. The van der Waals surface area contributed by atoms with Crippen LogP contribution in [0.4, 0.5) is 0 Å². The van der Waals surface area contributed by atoms with Gasteiger partial charge in [0.1, 0.15) is 0 Å². The van der Waals surface area contributed by atoms with E-state index in [-0.39, 0.29) is 17.7 Å². The zero-order valence-corrected chi connectivity index (χ0v) is 13.3. The fraction of sp³-hybridized carbons (Fsp3) is 0.667. The predicted molar refractivity (Wildman–Crippen MR) is 84.9 cm³/mol. The van der Waals surface area contributed by atoms with Crippen molar-refractivity contribution in [3.63, 3.8) is 0 Å². The highest BCUT2D eigenvalue weighted by Gasteiger charge is 2.28. The Balaban J connectivity index is 2.18. The minimum Gasteiger partial charge on any atom is -0.469 e. The summed E-state index contributed by atoms with van der Waals surface area (Å²) in [5, 5.41) is 0. The first-order valence-electron chi connectivity index (χ1n) is 8.12. The first-order chi connectivity index (χ1) is 10.2. The lowest BCUT2D eigenvalue weighted by Crippen LogP contribution is -2.15. The molecule has 0 aromatic rings. The van der Waals surface area contributed by atoms with Crippen LogP contribution in [0.3, 0.4) is 0 Å². The molecule has 0 unspecified atom stereocenters. The Hall–Kier alpha value is -1.38. The van der Waals surface area contributed by atoms with E-state index in [0.717, 1.165) is 44.9 Å². The molecule has 0 saturated carbocycles. The van der Waals surface area contributed by atoms with E-state index in [2.05, 4.69) is 29.9 Å². The van der Waals surface area contributed by atoms with Crippen molar-refractivity contribution in [2.45, 2.75) is 58.3 Å². The maximum absolute atomic E-state index is 11.9. The van der Waals surface area contributed by atoms with Crippen molar-refractivity contribution in [2.24, 2.45) is 11.8 Å². The van der Waals surface area contributed by atoms with Gasteiger partial charge in [-0.1, -0.05) is 44.4 Å². The van der Waals surface area contributed by atoms with Crippen LogP contribution in [0.2, 0.25) is 0 Å². The second-order valence-electron chi connectivity index (χ2n) is 5.68. The minimum absolute atomic E-state index is 0.123. The van der Waals surface area contributed by atoms with Gasteiger partial charge in [0.2, 0.25) is 0 Å². The average molecular weight is 292 g/mol. The van der Waals surface area contributed by atoms with Crippen LogP contribution in [0.5, 0.6) is 0 Å². The third-order valence-corrected chi connectivity index (χ3v) is 4.08. The van der Waals surface area contributed by atoms with E-state index in [9.17, 15) is 9.59 Å². The molecule has 0 saturated heterocycles. The summed E-state index contributed by atoms with van der Waals surface area (Å²) in [5.74, 6) is 0.719. The number of ketones is 1. The lowest BCUT2D eigenvalue weighted by molar-refractivity contribution is -0.140. The molecule has 118 valence electrons. The summed E-state index contributed by atoms with van der Waals surface area (Å²) in [6.07, 6.45) is 15.8. The van der Waals surface area contributed by atoms with Crippen molar-refractivity contribution in [3.05, 3.63) is 24.3 Å². The molecule has 2 atom stereocenters. The summed E-state index contributed by atoms with van der Waals surface area (Å²) in [4.78, 5) is 22.8. The number of hydrogen-bond acceptors (Lipinski definition) is 3. The molecule has 0 aromatic heterocycles. The van der Waals surface area contributed by atoms with Crippen molar-refractivity contribution in [1.82, 2.24) is 0 Å². The van der Waals surface area contributed by atoms with Gasteiger partial charge in [-0.05, 0) is 37.7 Å². The summed E-state index contributed by atoms with van der Waals surface area (Å²) < 4.78 is 4.62. The van der Waals surface area contributed by atoms with Crippen LogP contribution in [0.25, 0.3) is 0 Å². The van der Waals surface area contributed by atoms with Crippen molar-refractivity contribution in [2.75, 3.05) is 7.11 Å². The van der Waals surface area contributed by atoms with Crippen LogP contribution in [0.15, 0.2) is 24.3 Å². The summed E-state index contributed by atoms with van der Waals surface area (Å²) in [7, 11) is 1.43. The first-order valence-corrected chi connectivity index (χ1v) is 8.12. The summed E-state index contributed by atoms with van der Waals surface area (Å²) in [6.45, 7) is 2.11. The number of esters is 1. The lowest BCUT2D eigenvalue weighted by Gasteiger charge is -2.16. The van der Waals surface area contributed by atoms with Crippen molar-refractivity contribution in [3.8, 4) is 0 Å². The Kier molecular flexibility index (Phi) is 8.72. The SMILES string of the molecule is CC/C=C\C[C@H]1C(=O)C=C[C@@H]1CCCCCCC(=O)OC. The fourth-order valence-electron chi connectivity index (χ4n) is 2.79. The molecular weight excluding hydrogens is 264 g/mol. The molecule has 0 fully saturated rings. The number of ether oxygens (including phenoxy) is 1. The van der Waals surface area contributed by atoms with Crippen molar-refractivity contribution >= 4 is 11.8 Å². The van der Waals surface area contributed by atoms with E-state index >= 15 is 0 Å². The molecule has 0 spiro atoms. The number of allylic oxidation sites excluding steroid dienone is 4. The van der Waals surface area contributed by atoms with Crippen LogP contribution in [0, 0.1) is 11.8 Å². The van der Waals surface area contributed by atoms with Gasteiger partial charge in [0, 0.05) is 12.3 Å². The number of hydrogen-bond donors (Lipinski definition) is 0. The van der Waals surface area contributed by atoms with E-state index in [1.165, 1.54) is 7.11 Å². The maximum atomic E-state index is 11.9. The van der Waals surface area contributed by atoms with Gasteiger partial charge in [0.15, 0.2) is 5.78 Å². The molecule has 0 N–H and O–H groups in total. The molecule has 3 heteroatoms. The van der Waals surface area contributed by atoms with E-state index in [1.54, 1.807) is 6.08 Å². The standard InChI is InChI=1S/C18H28O3/c1-3-4-7-11-16-15(13-14-17(16)19)10-8-5-6-9-12-18(20)21-2/h4,7,13-16H,3,5-6,8-12H2,1-2H3/b7-4-/t15-,16+/m0/s1. The number of unbranched alkanes of at least 4 members (excludes halogenated alkanes) is 3. The third-order valence-electron chi connectivity index (χ3n) is 4.08. The Bertz CT molecular complexity index is 382. The predicted octanol–water partition coefficient (Wildman–Crippen LogP) is 4.23. The monoisotopic (exact) mass is 292 g/mol. The van der Waals surface area contributed by atoms with Crippen molar-refractivity contribution < 1.29 is 14.3 Å². The molecule has 0 aromatic carbocycles. The summed E-state index contributed by atoms with van der Waals surface area (Å²) >= 11 is 0. The maximum Gasteiger partial charge on any atom is 0.305 e. The molecule has 1 aliphatic carbocycles. The van der Waals surface area contributed by atoms with Crippen LogP contribution in [-0.2, 0) is 14.3 Å². The van der Waals surface area contributed by atoms with Crippen LogP contribution in [-0.4, -0.2) is 18.9 Å². The molecule has 3 nitrogen and oxygen atoms in total. The van der Waals surface area contributed by atoms with Gasteiger partial charge < -0.3 is 4.74 Å². The largest absolute Gasteiger partial charge is 0.469 e. The summed E-state index contributed by atoms with van der Waals surface area (Å²) in [5.41, 5.74) is 0. The molecule has 0 radical (unpaired) electrons. The van der Waals surface area contributed by atoms with Crippen molar-refractivity contribution in [1.29, 1.82) is 0 Å². The van der Waals surface area contributed by atoms with Gasteiger partial charge in [0.25, 0.3) is 0 Å². The van der Waals surface area contributed by atoms with Gasteiger partial charge >= 0.3 is 5.97 Å². The molecular formula is C18H28O3. The second-order valence-corrected chi connectivity index (χ2v) is 5.68. The molecule has 0 amide bonds. The summed E-state index contributed by atoms with van der Waals surface area (Å²) in [6, 6.07) is 0. The highest BCUT2D eigenvalue weighted by molar-refractivity contribution is 5.94. The van der Waals surface area contributed by atoms with E-state index < -0.39 is 0 Å². The van der Waals surface area contributed by atoms with Crippen LogP contribution in [0.1, 0.15) is 58.3 Å². The Morgan fingerprint density at radius 1 is 1.24 bits per heavy atom. The smallest absolute Gasteiger partial charge is 0.305 e. The van der Waals surface area contributed by atoms with Crippen LogP contribution < -0.4 is 0 Å². The molecule has 1 aliphatic rings. The highest BCUT2D eigenvalue weighted by atomic mass is 16.5. The molecule has 0 aliphatic heterocycles. The number of carbonyl (C=O) groups is 2. The molecule has 0 heterocycles. The Morgan fingerprint density at radius 3 is 2.71 bits per heavy atom. The van der Waals surface area contributed by atoms with E-state index in [0.29, 0.717) is 12.3 Å². The highest BCUT2D eigenvalue weighted by Crippen LogP contribution is 2.30. The first kappa shape index (κ1) is 17.7. The third kappa shape index (κ3) is 6.74. The zero-order valence-electron chi connectivity index (χ0n) is 13.3. The lowest BCUT2D eigenvalue weighted by atomic mass is 9.87. The van der Waals surface area contributed by atoms with Gasteiger partial charge in [-0.3, -0.25) is 9.59 Å². The van der Waals surface area contributed by atoms with Gasteiger partial charge in [0.05, 0.1) is 7.11 Å². The molecule has 1 rings (SSSR count). The second kappa shape index (κ2) is 10.4. The number of methoxy groups -OCH3 is 1. The number of rotatable bonds is 10.